The molecule has 0 unspecified atom stereocenters. The van der Waals surface area contributed by atoms with Gasteiger partial charge in [-0.15, -0.1) is 0 Å². The van der Waals surface area contributed by atoms with Crippen LogP contribution in [0.2, 0.25) is 5.02 Å². The SMILES string of the molecule is CN(C)CCCCNCc1cn2cc(Cl)ccc2n1. The van der Waals surface area contributed by atoms with E-state index in [1.54, 1.807) is 0 Å². The first kappa shape index (κ1) is 14.3. The Morgan fingerprint density at radius 1 is 1.26 bits per heavy atom. The number of halogens is 1. The molecule has 2 aromatic rings. The summed E-state index contributed by atoms with van der Waals surface area (Å²) in [6.07, 6.45) is 6.32. The van der Waals surface area contributed by atoms with Gasteiger partial charge in [-0.2, -0.15) is 0 Å². The van der Waals surface area contributed by atoms with Crippen LogP contribution in [0.5, 0.6) is 0 Å². The maximum Gasteiger partial charge on any atom is 0.137 e. The van der Waals surface area contributed by atoms with Crippen LogP contribution >= 0.6 is 11.6 Å². The Bertz CT molecular complexity index is 521. The molecular formula is C14H21ClN4. The Kier molecular flexibility index (Phi) is 5.19. The van der Waals surface area contributed by atoms with Crippen molar-refractivity contribution in [3.63, 3.8) is 0 Å². The van der Waals surface area contributed by atoms with Crippen molar-refractivity contribution in [2.45, 2.75) is 19.4 Å². The van der Waals surface area contributed by atoms with E-state index in [1.165, 1.54) is 12.8 Å². The van der Waals surface area contributed by atoms with Gasteiger partial charge in [0.15, 0.2) is 0 Å². The van der Waals surface area contributed by atoms with E-state index in [0.717, 1.165) is 36.0 Å². The predicted octanol–water partition coefficient (Wildman–Crippen LogP) is 2.42. The summed E-state index contributed by atoms with van der Waals surface area (Å²) in [6.45, 7) is 2.98. The molecule has 0 amide bonds. The fourth-order valence-corrected chi connectivity index (χ4v) is 2.17. The van der Waals surface area contributed by atoms with Crippen LogP contribution in [-0.4, -0.2) is 41.5 Å². The van der Waals surface area contributed by atoms with Crippen LogP contribution in [0, 0.1) is 0 Å². The molecule has 0 fully saturated rings. The minimum absolute atomic E-state index is 0.730. The third-order valence-electron chi connectivity index (χ3n) is 2.98. The highest BCUT2D eigenvalue weighted by Crippen LogP contribution is 2.11. The summed E-state index contributed by atoms with van der Waals surface area (Å²) in [6, 6.07) is 3.80. The van der Waals surface area contributed by atoms with Crippen LogP contribution in [0.4, 0.5) is 0 Å². The number of nitrogens with one attached hydrogen (secondary N) is 1. The number of fused-ring (bicyclic) bond motifs is 1. The number of hydrogen-bond acceptors (Lipinski definition) is 3. The lowest BCUT2D eigenvalue weighted by molar-refractivity contribution is 0.391. The first-order chi connectivity index (χ1) is 9.15. The van der Waals surface area contributed by atoms with Crippen molar-refractivity contribution >= 4 is 17.2 Å². The van der Waals surface area contributed by atoms with Crippen LogP contribution < -0.4 is 5.32 Å². The second-order valence-corrected chi connectivity index (χ2v) is 5.47. The van der Waals surface area contributed by atoms with E-state index in [0.29, 0.717) is 0 Å². The van der Waals surface area contributed by atoms with Crippen molar-refractivity contribution in [1.82, 2.24) is 19.6 Å². The fraction of sp³-hybridized carbons (Fsp3) is 0.500. The largest absolute Gasteiger partial charge is 0.311 e. The molecule has 0 aliphatic heterocycles. The molecule has 0 aliphatic rings. The highest BCUT2D eigenvalue weighted by atomic mass is 35.5. The molecule has 5 heteroatoms. The van der Waals surface area contributed by atoms with Crippen LogP contribution in [0.1, 0.15) is 18.5 Å². The average molecular weight is 281 g/mol. The fourth-order valence-electron chi connectivity index (χ4n) is 2.00. The Balaban J connectivity index is 1.75. The van der Waals surface area contributed by atoms with Gasteiger partial charge in [-0.05, 0) is 52.2 Å². The van der Waals surface area contributed by atoms with Gasteiger partial charge in [0.25, 0.3) is 0 Å². The molecule has 0 atom stereocenters. The van der Waals surface area contributed by atoms with E-state index in [2.05, 4.69) is 29.3 Å². The number of unbranched alkanes of at least 4 members (excludes halogenated alkanes) is 1. The van der Waals surface area contributed by atoms with Gasteiger partial charge in [-0.1, -0.05) is 11.6 Å². The van der Waals surface area contributed by atoms with Crippen molar-refractivity contribution in [2.75, 3.05) is 27.2 Å². The molecule has 104 valence electrons. The zero-order valence-electron chi connectivity index (χ0n) is 11.6. The smallest absolute Gasteiger partial charge is 0.137 e. The van der Waals surface area contributed by atoms with Crippen LogP contribution in [-0.2, 0) is 6.54 Å². The molecule has 0 aliphatic carbocycles. The summed E-state index contributed by atoms with van der Waals surface area (Å²) in [5, 5.41) is 4.15. The lowest BCUT2D eigenvalue weighted by atomic mass is 10.3. The summed E-state index contributed by atoms with van der Waals surface area (Å²) in [7, 11) is 4.21. The summed E-state index contributed by atoms with van der Waals surface area (Å²) in [4.78, 5) is 6.75. The minimum Gasteiger partial charge on any atom is -0.311 e. The number of imidazole rings is 1. The molecule has 2 aromatic heterocycles. The van der Waals surface area contributed by atoms with E-state index in [9.17, 15) is 0 Å². The van der Waals surface area contributed by atoms with Gasteiger partial charge in [0, 0.05) is 18.9 Å². The molecule has 4 nitrogen and oxygen atoms in total. The normalized spacial score (nSPS) is 11.6. The van der Waals surface area contributed by atoms with Crippen LogP contribution in [0.3, 0.4) is 0 Å². The second-order valence-electron chi connectivity index (χ2n) is 5.03. The number of pyridine rings is 1. The number of aromatic nitrogens is 2. The average Bonchev–Trinajstić information content (AvgIpc) is 2.75. The Labute approximate surface area is 119 Å². The minimum atomic E-state index is 0.730. The molecule has 0 bridgehead atoms. The summed E-state index contributed by atoms with van der Waals surface area (Å²) in [5.41, 5.74) is 1.99. The number of rotatable bonds is 7. The molecular weight excluding hydrogens is 260 g/mol. The van der Waals surface area contributed by atoms with Crippen molar-refractivity contribution in [3.8, 4) is 0 Å². The molecule has 1 N–H and O–H groups in total. The lowest BCUT2D eigenvalue weighted by Gasteiger charge is -2.08. The predicted molar refractivity (Wildman–Crippen MR) is 79.7 cm³/mol. The third-order valence-corrected chi connectivity index (χ3v) is 3.20. The molecule has 0 saturated heterocycles. The van der Waals surface area contributed by atoms with Gasteiger partial charge >= 0.3 is 0 Å². The molecule has 0 saturated carbocycles. The maximum atomic E-state index is 5.95. The molecule has 19 heavy (non-hydrogen) atoms. The quantitative estimate of drug-likeness (QED) is 0.791. The van der Waals surface area contributed by atoms with Crippen LogP contribution in [0.15, 0.2) is 24.5 Å². The van der Waals surface area contributed by atoms with Crippen molar-refractivity contribution in [3.05, 3.63) is 35.2 Å². The van der Waals surface area contributed by atoms with E-state index < -0.39 is 0 Å². The van der Waals surface area contributed by atoms with Gasteiger partial charge in [0.1, 0.15) is 5.65 Å². The second kappa shape index (κ2) is 6.89. The van der Waals surface area contributed by atoms with Gasteiger partial charge in [0.2, 0.25) is 0 Å². The van der Waals surface area contributed by atoms with E-state index >= 15 is 0 Å². The molecule has 2 rings (SSSR count). The zero-order chi connectivity index (χ0) is 13.7. The van der Waals surface area contributed by atoms with Crippen molar-refractivity contribution in [1.29, 1.82) is 0 Å². The van der Waals surface area contributed by atoms with Crippen LogP contribution in [0.25, 0.3) is 5.65 Å². The standard InChI is InChI=1S/C14H21ClN4/c1-18(2)8-4-3-7-16-9-13-11-19-10-12(15)5-6-14(19)17-13/h5-6,10-11,16H,3-4,7-9H2,1-2H3. The van der Waals surface area contributed by atoms with Gasteiger partial charge < -0.3 is 14.6 Å². The molecule has 2 heterocycles. The van der Waals surface area contributed by atoms with Crippen molar-refractivity contribution in [2.24, 2.45) is 0 Å². The highest BCUT2D eigenvalue weighted by Gasteiger charge is 2.01. The zero-order valence-corrected chi connectivity index (χ0v) is 12.3. The van der Waals surface area contributed by atoms with E-state index in [4.69, 9.17) is 11.6 Å². The van der Waals surface area contributed by atoms with Crippen molar-refractivity contribution < 1.29 is 0 Å². The number of hydrogen-bond donors (Lipinski definition) is 1. The Morgan fingerprint density at radius 3 is 2.89 bits per heavy atom. The summed E-state index contributed by atoms with van der Waals surface area (Å²) >= 11 is 5.95. The topological polar surface area (TPSA) is 32.6 Å². The maximum absolute atomic E-state index is 5.95. The van der Waals surface area contributed by atoms with Gasteiger partial charge in [-0.25, -0.2) is 4.98 Å². The lowest BCUT2D eigenvalue weighted by Crippen LogP contribution is -2.18. The monoisotopic (exact) mass is 280 g/mol. The first-order valence-corrected chi connectivity index (χ1v) is 7.01. The molecule has 0 radical (unpaired) electrons. The van der Waals surface area contributed by atoms with E-state index in [-0.39, 0.29) is 0 Å². The third kappa shape index (κ3) is 4.49. The van der Waals surface area contributed by atoms with Gasteiger partial charge in [0.05, 0.1) is 10.7 Å². The molecule has 0 spiro atoms. The number of nitrogens with zero attached hydrogens (tertiary/aromatic N) is 3. The first-order valence-electron chi connectivity index (χ1n) is 6.64. The van der Waals surface area contributed by atoms with E-state index in [1.807, 2.05) is 28.9 Å². The van der Waals surface area contributed by atoms with Gasteiger partial charge in [-0.3, -0.25) is 0 Å². The Hall–Kier alpha value is -1.10. The molecule has 0 aromatic carbocycles. The summed E-state index contributed by atoms with van der Waals surface area (Å²) < 4.78 is 1.96. The summed E-state index contributed by atoms with van der Waals surface area (Å²) in [5.74, 6) is 0. The Morgan fingerprint density at radius 2 is 2.11 bits per heavy atom. The highest BCUT2D eigenvalue weighted by molar-refractivity contribution is 6.30.